The van der Waals surface area contributed by atoms with Crippen molar-refractivity contribution >= 4 is 34.5 Å². The topological polar surface area (TPSA) is 83.0 Å². The molecule has 4 rings (SSSR count). The highest BCUT2D eigenvalue weighted by atomic mass is 35.5. The second-order valence-electron chi connectivity index (χ2n) is 8.13. The largest absolute Gasteiger partial charge is 0.506 e. The summed E-state index contributed by atoms with van der Waals surface area (Å²) in [5, 5.41) is 19.4. The molecular weight excluding hydrogens is 462 g/mol. The lowest BCUT2D eigenvalue weighted by atomic mass is 10.00. The van der Waals surface area contributed by atoms with Gasteiger partial charge in [0.25, 0.3) is 5.91 Å². The fourth-order valence-electron chi connectivity index (χ4n) is 3.61. The summed E-state index contributed by atoms with van der Waals surface area (Å²) in [4.78, 5) is 12.3. The van der Waals surface area contributed by atoms with Gasteiger partial charge in [0.2, 0.25) is 0 Å². The molecule has 0 spiro atoms. The number of benzene rings is 4. The number of fused-ring (bicyclic) bond motifs is 1. The Balaban J connectivity index is 1.40. The van der Waals surface area contributed by atoms with Gasteiger partial charge < -0.3 is 15.2 Å². The Morgan fingerprint density at radius 1 is 1.03 bits per heavy atom. The second kappa shape index (κ2) is 11.5. The van der Waals surface area contributed by atoms with Gasteiger partial charge in [0, 0.05) is 23.7 Å². The summed E-state index contributed by atoms with van der Waals surface area (Å²) >= 11 is 5.88. The van der Waals surface area contributed by atoms with E-state index in [-0.39, 0.29) is 16.8 Å². The predicted octanol–water partition coefficient (Wildman–Crippen LogP) is 5.52. The Kier molecular flexibility index (Phi) is 7.98. The molecule has 4 aromatic rings. The first-order chi connectivity index (χ1) is 17.0. The molecule has 1 amide bonds. The van der Waals surface area contributed by atoms with Gasteiger partial charge in [0.1, 0.15) is 18.1 Å². The van der Waals surface area contributed by atoms with Crippen LogP contribution < -0.4 is 15.5 Å². The van der Waals surface area contributed by atoms with E-state index < -0.39 is 5.91 Å². The van der Waals surface area contributed by atoms with Gasteiger partial charge in [-0.3, -0.25) is 4.79 Å². The first-order valence-electron chi connectivity index (χ1n) is 11.2. The van der Waals surface area contributed by atoms with Crippen LogP contribution in [0.5, 0.6) is 11.5 Å². The molecule has 6 nitrogen and oxygen atoms in total. The molecule has 178 valence electrons. The Labute approximate surface area is 209 Å². The molecule has 0 heterocycles. The molecule has 0 fully saturated rings. The number of nitrogens with zero attached hydrogens (tertiary/aromatic N) is 1. The van der Waals surface area contributed by atoms with Gasteiger partial charge >= 0.3 is 0 Å². The van der Waals surface area contributed by atoms with E-state index in [1.165, 1.54) is 18.2 Å². The van der Waals surface area contributed by atoms with E-state index in [9.17, 15) is 9.90 Å². The maximum absolute atomic E-state index is 12.3. The number of para-hydroxylation sites is 1. The van der Waals surface area contributed by atoms with Crippen molar-refractivity contribution in [3.8, 4) is 11.5 Å². The summed E-state index contributed by atoms with van der Waals surface area (Å²) in [6.07, 6.45) is 1.62. The Morgan fingerprint density at radius 3 is 2.54 bits per heavy atom. The number of ether oxygens (including phenoxy) is 1. The van der Waals surface area contributed by atoms with E-state index in [4.69, 9.17) is 16.3 Å². The average molecular weight is 488 g/mol. The summed E-state index contributed by atoms with van der Waals surface area (Å²) in [6.45, 7) is 3.35. The summed E-state index contributed by atoms with van der Waals surface area (Å²) in [5.74, 6) is 0.363. The fourth-order valence-corrected chi connectivity index (χ4v) is 3.79. The molecule has 0 saturated heterocycles. The van der Waals surface area contributed by atoms with Crippen LogP contribution in [0, 0.1) is 0 Å². The van der Waals surface area contributed by atoms with Crippen LogP contribution in [0.25, 0.3) is 10.8 Å². The van der Waals surface area contributed by atoms with Crippen LogP contribution in [0.4, 0.5) is 0 Å². The SMILES string of the molecule is CC(COc1ccccc1)NCc1ccc(/C=N/NC(=O)c2ccc(O)c(Cl)c2)c2ccccc12. The number of phenols is 1. The Bertz CT molecular complexity index is 1340. The molecule has 4 aromatic carbocycles. The van der Waals surface area contributed by atoms with E-state index in [0.717, 1.165) is 27.6 Å². The van der Waals surface area contributed by atoms with Gasteiger partial charge in [0.05, 0.1) is 11.2 Å². The highest BCUT2D eigenvalue weighted by Crippen LogP contribution is 2.24. The normalized spacial score (nSPS) is 12.1. The summed E-state index contributed by atoms with van der Waals surface area (Å²) in [7, 11) is 0. The molecule has 0 bridgehead atoms. The summed E-state index contributed by atoms with van der Waals surface area (Å²) in [5.41, 5.74) is 4.85. The molecule has 35 heavy (non-hydrogen) atoms. The molecular formula is C28H26ClN3O3. The summed E-state index contributed by atoms with van der Waals surface area (Å²) in [6, 6.07) is 26.3. The third-order valence-electron chi connectivity index (χ3n) is 5.51. The zero-order valence-corrected chi connectivity index (χ0v) is 20.0. The van der Waals surface area contributed by atoms with Crippen molar-refractivity contribution in [3.63, 3.8) is 0 Å². The van der Waals surface area contributed by atoms with Crippen LogP contribution in [0.2, 0.25) is 5.02 Å². The molecule has 0 saturated carbocycles. The molecule has 0 aliphatic heterocycles. The number of carbonyl (C=O) groups is 1. The van der Waals surface area contributed by atoms with Gasteiger partial charge in [-0.05, 0) is 53.6 Å². The highest BCUT2D eigenvalue weighted by molar-refractivity contribution is 6.32. The van der Waals surface area contributed by atoms with E-state index >= 15 is 0 Å². The van der Waals surface area contributed by atoms with Gasteiger partial charge in [0.15, 0.2) is 0 Å². The van der Waals surface area contributed by atoms with E-state index in [2.05, 4.69) is 34.9 Å². The molecule has 0 aliphatic carbocycles. The number of hydrogen-bond acceptors (Lipinski definition) is 5. The van der Waals surface area contributed by atoms with Crippen molar-refractivity contribution in [1.82, 2.24) is 10.7 Å². The average Bonchev–Trinajstić information content (AvgIpc) is 2.89. The van der Waals surface area contributed by atoms with Crippen molar-refractivity contribution in [2.45, 2.75) is 19.5 Å². The molecule has 0 aromatic heterocycles. The van der Waals surface area contributed by atoms with Crippen LogP contribution in [-0.2, 0) is 6.54 Å². The Hall–Kier alpha value is -3.87. The van der Waals surface area contributed by atoms with Gasteiger partial charge in [-0.25, -0.2) is 5.43 Å². The minimum atomic E-state index is -0.417. The highest BCUT2D eigenvalue weighted by Gasteiger charge is 2.09. The van der Waals surface area contributed by atoms with Gasteiger partial charge in [-0.1, -0.05) is 66.2 Å². The number of phenolic OH excluding ortho intramolecular Hbond substituents is 1. The Morgan fingerprint density at radius 2 is 1.77 bits per heavy atom. The monoisotopic (exact) mass is 487 g/mol. The molecule has 1 atom stereocenters. The molecule has 7 heteroatoms. The number of hydrogen-bond donors (Lipinski definition) is 3. The van der Waals surface area contributed by atoms with Crippen molar-refractivity contribution in [3.05, 3.63) is 107 Å². The lowest BCUT2D eigenvalue weighted by Crippen LogP contribution is -2.31. The maximum atomic E-state index is 12.3. The lowest BCUT2D eigenvalue weighted by molar-refractivity contribution is 0.0955. The zero-order valence-electron chi connectivity index (χ0n) is 19.2. The van der Waals surface area contributed by atoms with Crippen LogP contribution in [0.15, 0.2) is 90.0 Å². The predicted molar refractivity (Wildman–Crippen MR) is 140 cm³/mol. The third kappa shape index (κ3) is 6.38. The van der Waals surface area contributed by atoms with Crippen molar-refractivity contribution in [1.29, 1.82) is 0 Å². The minimum Gasteiger partial charge on any atom is -0.506 e. The van der Waals surface area contributed by atoms with Crippen LogP contribution in [0.1, 0.15) is 28.4 Å². The third-order valence-corrected chi connectivity index (χ3v) is 5.81. The number of hydrazone groups is 1. The number of nitrogens with one attached hydrogen (secondary N) is 2. The van der Waals surface area contributed by atoms with Crippen LogP contribution >= 0.6 is 11.6 Å². The lowest BCUT2D eigenvalue weighted by Gasteiger charge is -2.16. The number of halogens is 1. The molecule has 3 N–H and O–H groups in total. The molecule has 1 unspecified atom stereocenters. The fraction of sp³-hybridized carbons (Fsp3) is 0.143. The van der Waals surface area contributed by atoms with Crippen molar-refractivity contribution < 1.29 is 14.6 Å². The smallest absolute Gasteiger partial charge is 0.271 e. The number of amides is 1. The van der Waals surface area contributed by atoms with Gasteiger partial charge in [-0.15, -0.1) is 0 Å². The van der Waals surface area contributed by atoms with E-state index in [0.29, 0.717) is 18.7 Å². The summed E-state index contributed by atoms with van der Waals surface area (Å²) < 4.78 is 5.84. The van der Waals surface area contributed by atoms with Gasteiger partial charge in [-0.2, -0.15) is 5.10 Å². The first kappa shape index (κ1) is 24.3. The minimum absolute atomic E-state index is 0.0779. The van der Waals surface area contributed by atoms with E-state index in [1.54, 1.807) is 6.21 Å². The number of aromatic hydroxyl groups is 1. The number of carbonyl (C=O) groups excluding carboxylic acids is 1. The van der Waals surface area contributed by atoms with Crippen molar-refractivity contribution in [2.75, 3.05) is 6.61 Å². The van der Waals surface area contributed by atoms with E-state index in [1.807, 2.05) is 54.6 Å². The zero-order chi connectivity index (χ0) is 24.6. The van der Waals surface area contributed by atoms with Crippen LogP contribution in [-0.4, -0.2) is 29.9 Å². The van der Waals surface area contributed by atoms with Crippen molar-refractivity contribution in [2.24, 2.45) is 5.10 Å². The second-order valence-corrected chi connectivity index (χ2v) is 8.54. The standard InChI is InChI=1S/C28H26ClN3O3/c1-19(18-35-23-7-3-2-4-8-23)30-16-21-11-12-22(25-10-6-5-9-24(21)25)17-31-32-28(34)20-13-14-27(33)26(29)15-20/h2-15,17,19,30,33H,16,18H2,1H3,(H,32,34)/b31-17+. The molecule has 0 radical (unpaired) electrons. The quantitative estimate of drug-likeness (QED) is 0.214. The van der Waals surface area contributed by atoms with Crippen LogP contribution in [0.3, 0.4) is 0 Å². The molecule has 0 aliphatic rings. The maximum Gasteiger partial charge on any atom is 0.271 e. The number of rotatable bonds is 9. The first-order valence-corrected chi connectivity index (χ1v) is 11.6.